The van der Waals surface area contributed by atoms with Gasteiger partial charge in [0.2, 0.25) is 0 Å². The van der Waals surface area contributed by atoms with E-state index in [0.29, 0.717) is 11.3 Å². The summed E-state index contributed by atoms with van der Waals surface area (Å²) < 4.78 is 5.40. The maximum absolute atomic E-state index is 12.3. The zero-order valence-electron chi connectivity index (χ0n) is 13.4. The third kappa shape index (κ3) is 2.83. The predicted octanol–water partition coefficient (Wildman–Crippen LogP) is 1.88. The number of rotatable bonds is 4. The van der Waals surface area contributed by atoms with E-state index >= 15 is 0 Å². The molecule has 1 aliphatic carbocycles. The molecule has 0 heterocycles. The van der Waals surface area contributed by atoms with Crippen molar-refractivity contribution in [2.24, 2.45) is 5.41 Å². The van der Waals surface area contributed by atoms with E-state index in [9.17, 15) is 4.79 Å². The number of hydrogen-bond donors (Lipinski definition) is 2. The minimum Gasteiger partial charge on any atom is -0.397 e. The highest BCUT2D eigenvalue weighted by atomic mass is 16.5. The summed E-state index contributed by atoms with van der Waals surface area (Å²) in [6.45, 7) is 4.22. The summed E-state index contributed by atoms with van der Waals surface area (Å²) in [6.07, 6.45) is 1.05. The fourth-order valence-electron chi connectivity index (χ4n) is 2.87. The Kier molecular flexibility index (Phi) is 4.14. The molecule has 1 saturated carbocycles. The van der Waals surface area contributed by atoms with Crippen LogP contribution in [-0.2, 0) is 4.74 Å². The zero-order chi connectivity index (χ0) is 15.8. The van der Waals surface area contributed by atoms with E-state index in [-0.39, 0.29) is 23.5 Å². The molecule has 1 fully saturated rings. The molecule has 116 valence electrons. The van der Waals surface area contributed by atoms with Crippen LogP contribution in [0.15, 0.2) is 18.2 Å². The number of nitrogens with two attached hydrogens (primary N) is 1. The molecule has 1 aromatic carbocycles. The van der Waals surface area contributed by atoms with Crippen molar-refractivity contribution in [3.8, 4) is 0 Å². The van der Waals surface area contributed by atoms with Crippen molar-refractivity contribution in [2.75, 3.05) is 31.8 Å². The first kappa shape index (κ1) is 15.6. The van der Waals surface area contributed by atoms with Crippen molar-refractivity contribution >= 4 is 17.3 Å². The molecule has 1 aromatic rings. The van der Waals surface area contributed by atoms with Crippen LogP contribution in [0.1, 0.15) is 30.6 Å². The molecule has 0 aromatic heterocycles. The molecule has 2 atom stereocenters. The van der Waals surface area contributed by atoms with Gasteiger partial charge in [0, 0.05) is 38.2 Å². The first-order valence-corrected chi connectivity index (χ1v) is 7.18. The third-order valence-corrected chi connectivity index (χ3v) is 4.54. The summed E-state index contributed by atoms with van der Waals surface area (Å²) in [4.78, 5) is 14.3. The molecule has 2 rings (SSSR count). The molecule has 1 amide bonds. The molecular formula is C16H25N3O2. The minimum absolute atomic E-state index is 0.0421. The Morgan fingerprint density at radius 3 is 2.57 bits per heavy atom. The summed E-state index contributed by atoms with van der Waals surface area (Å²) in [7, 11) is 5.56. The predicted molar refractivity (Wildman–Crippen MR) is 85.6 cm³/mol. The lowest BCUT2D eigenvalue weighted by molar-refractivity contribution is -0.0942. The highest BCUT2D eigenvalue weighted by Gasteiger charge is 2.49. The summed E-state index contributed by atoms with van der Waals surface area (Å²) in [5, 5.41) is 3.08. The molecule has 5 heteroatoms. The average Bonchev–Trinajstić information content (AvgIpc) is 2.42. The number of anilines is 2. The Morgan fingerprint density at radius 2 is 2.10 bits per heavy atom. The van der Waals surface area contributed by atoms with Gasteiger partial charge >= 0.3 is 0 Å². The molecule has 5 nitrogen and oxygen atoms in total. The van der Waals surface area contributed by atoms with Crippen molar-refractivity contribution < 1.29 is 9.53 Å². The van der Waals surface area contributed by atoms with Crippen LogP contribution in [0, 0.1) is 5.41 Å². The van der Waals surface area contributed by atoms with Crippen LogP contribution in [0.3, 0.4) is 0 Å². The van der Waals surface area contributed by atoms with Crippen LogP contribution < -0.4 is 16.0 Å². The van der Waals surface area contributed by atoms with Gasteiger partial charge in [0.05, 0.1) is 17.5 Å². The first-order chi connectivity index (χ1) is 9.77. The Hall–Kier alpha value is -1.75. The Labute approximate surface area is 126 Å². The number of hydrogen-bond acceptors (Lipinski definition) is 4. The lowest BCUT2D eigenvalue weighted by Crippen LogP contribution is -2.61. The van der Waals surface area contributed by atoms with Crippen molar-refractivity contribution in [2.45, 2.75) is 32.4 Å². The van der Waals surface area contributed by atoms with E-state index in [2.05, 4.69) is 19.2 Å². The lowest BCUT2D eigenvalue weighted by atomic mass is 9.64. The molecule has 0 bridgehead atoms. The topological polar surface area (TPSA) is 67.6 Å². The Balaban J connectivity index is 2.07. The van der Waals surface area contributed by atoms with Gasteiger partial charge in [0.25, 0.3) is 5.91 Å². The van der Waals surface area contributed by atoms with E-state index in [1.54, 1.807) is 19.2 Å². The van der Waals surface area contributed by atoms with E-state index in [0.717, 1.165) is 12.1 Å². The van der Waals surface area contributed by atoms with Crippen molar-refractivity contribution in [3.05, 3.63) is 23.8 Å². The van der Waals surface area contributed by atoms with E-state index in [1.165, 1.54) is 0 Å². The molecule has 3 N–H and O–H groups in total. The monoisotopic (exact) mass is 291 g/mol. The van der Waals surface area contributed by atoms with Crippen LogP contribution in [-0.4, -0.2) is 39.3 Å². The van der Waals surface area contributed by atoms with Gasteiger partial charge in [-0.15, -0.1) is 0 Å². The van der Waals surface area contributed by atoms with Gasteiger partial charge in [-0.25, -0.2) is 0 Å². The quantitative estimate of drug-likeness (QED) is 0.831. The molecule has 0 aliphatic heterocycles. The van der Waals surface area contributed by atoms with Crippen LogP contribution >= 0.6 is 0 Å². The van der Waals surface area contributed by atoms with Gasteiger partial charge in [-0.3, -0.25) is 4.79 Å². The second-order valence-electron chi connectivity index (χ2n) is 6.48. The second kappa shape index (κ2) is 5.56. The molecule has 1 aliphatic rings. The molecule has 0 saturated heterocycles. The number of methoxy groups -OCH3 is 1. The largest absolute Gasteiger partial charge is 0.397 e. The number of ether oxygens (including phenoxy) is 1. The first-order valence-electron chi connectivity index (χ1n) is 7.18. The minimum atomic E-state index is -0.0837. The van der Waals surface area contributed by atoms with E-state index in [4.69, 9.17) is 10.5 Å². The second-order valence-corrected chi connectivity index (χ2v) is 6.48. The van der Waals surface area contributed by atoms with Crippen molar-refractivity contribution in [1.29, 1.82) is 0 Å². The summed E-state index contributed by atoms with van der Waals surface area (Å²) in [6, 6.07) is 5.53. The molecule has 21 heavy (non-hydrogen) atoms. The Bertz CT molecular complexity index is 540. The number of nitrogen functional groups attached to an aromatic ring is 1. The lowest BCUT2D eigenvalue weighted by Gasteiger charge is -2.51. The summed E-state index contributed by atoms with van der Waals surface area (Å²) >= 11 is 0. The van der Waals surface area contributed by atoms with Gasteiger partial charge in [-0.05, 0) is 24.6 Å². The maximum atomic E-state index is 12.3. The van der Waals surface area contributed by atoms with Gasteiger partial charge in [0.15, 0.2) is 0 Å². The van der Waals surface area contributed by atoms with Crippen LogP contribution in [0.5, 0.6) is 0 Å². The molecule has 0 spiro atoms. The number of carbonyl (C=O) groups excluding carboxylic acids is 1. The smallest absolute Gasteiger partial charge is 0.251 e. The fraction of sp³-hybridized carbons (Fsp3) is 0.562. The highest BCUT2D eigenvalue weighted by Crippen LogP contribution is 2.42. The summed E-state index contributed by atoms with van der Waals surface area (Å²) in [5.74, 6) is -0.0837. The number of carbonyl (C=O) groups is 1. The fourth-order valence-corrected chi connectivity index (χ4v) is 2.87. The molecule has 0 radical (unpaired) electrons. The van der Waals surface area contributed by atoms with Gasteiger partial charge in [-0.2, -0.15) is 0 Å². The van der Waals surface area contributed by atoms with E-state index < -0.39 is 0 Å². The van der Waals surface area contributed by atoms with Crippen LogP contribution in [0.4, 0.5) is 11.4 Å². The SMILES string of the molecule is COC1CC(NC(=O)c2ccc(N(C)C)c(N)c2)C1(C)C. The van der Waals surface area contributed by atoms with Gasteiger partial charge in [0.1, 0.15) is 0 Å². The molecular weight excluding hydrogens is 266 g/mol. The third-order valence-electron chi connectivity index (χ3n) is 4.54. The van der Waals surface area contributed by atoms with E-state index in [1.807, 2.05) is 25.1 Å². The number of nitrogens with zero attached hydrogens (tertiary/aromatic N) is 1. The average molecular weight is 291 g/mol. The zero-order valence-corrected chi connectivity index (χ0v) is 13.4. The number of benzene rings is 1. The van der Waals surface area contributed by atoms with Crippen LogP contribution in [0.25, 0.3) is 0 Å². The van der Waals surface area contributed by atoms with Gasteiger partial charge < -0.3 is 20.7 Å². The standard InChI is InChI=1S/C16H25N3O2/c1-16(2)13(9-14(16)21-5)18-15(20)10-6-7-12(19(3)4)11(17)8-10/h6-8,13-14H,9,17H2,1-5H3,(H,18,20). The number of amides is 1. The van der Waals surface area contributed by atoms with Crippen molar-refractivity contribution in [3.63, 3.8) is 0 Å². The Morgan fingerprint density at radius 1 is 1.43 bits per heavy atom. The van der Waals surface area contributed by atoms with Gasteiger partial charge in [-0.1, -0.05) is 13.8 Å². The summed E-state index contributed by atoms with van der Waals surface area (Å²) in [5.41, 5.74) is 8.06. The normalized spacial score (nSPS) is 23.3. The number of nitrogens with one attached hydrogen (secondary N) is 1. The van der Waals surface area contributed by atoms with Crippen LogP contribution in [0.2, 0.25) is 0 Å². The highest BCUT2D eigenvalue weighted by molar-refractivity contribution is 5.96. The van der Waals surface area contributed by atoms with Crippen molar-refractivity contribution in [1.82, 2.24) is 5.32 Å². The maximum Gasteiger partial charge on any atom is 0.251 e. The molecule has 2 unspecified atom stereocenters.